The fraction of sp³-hybridized carbons (Fsp3) is 0.500. The van der Waals surface area contributed by atoms with Gasteiger partial charge in [0.05, 0.1) is 19.0 Å². The Morgan fingerprint density at radius 3 is 2.86 bits per heavy atom. The van der Waals surface area contributed by atoms with Gasteiger partial charge in [0.2, 0.25) is 11.8 Å². The summed E-state index contributed by atoms with van der Waals surface area (Å²) in [6.45, 7) is 4.58. The van der Waals surface area contributed by atoms with Gasteiger partial charge in [0.1, 0.15) is 11.9 Å². The molecule has 1 aromatic rings. The van der Waals surface area contributed by atoms with Crippen molar-refractivity contribution in [3.05, 3.63) is 35.4 Å². The highest BCUT2D eigenvalue weighted by Crippen LogP contribution is 2.38. The molecule has 6 heteroatoms. The monoisotopic (exact) mass is 320 g/mol. The summed E-state index contributed by atoms with van der Waals surface area (Å²) >= 11 is 1.59. The fourth-order valence-corrected chi connectivity index (χ4v) is 3.96. The summed E-state index contributed by atoms with van der Waals surface area (Å²) in [5.41, 5.74) is 2.25. The third-order valence-corrected chi connectivity index (χ3v) is 5.22. The standard InChI is InChI=1S/C16H20N2O3S/c1-12-3-2-4-13(9-12)16-18(15(20)11-22-16)10-14(19)17-5-7-21-8-6-17/h2-4,9,16H,5-8,10-11H2,1H3/t16-/m0/s1. The summed E-state index contributed by atoms with van der Waals surface area (Å²) in [5.74, 6) is 0.490. The molecule has 0 unspecified atom stereocenters. The summed E-state index contributed by atoms with van der Waals surface area (Å²) < 4.78 is 5.27. The van der Waals surface area contributed by atoms with Crippen LogP contribution < -0.4 is 0 Å². The van der Waals surface area contributed by atoms with Gasteiger partial charge in [0.25, 0.3) is 0 Å². The number of carbonyl (C=O) groups excluding carboxylic acids is 2. The minimum Gasteiger partial charge on any atom is -0.378 e. The molecular weight excluding hydrogens is 300 g/mol. The van der Waals surface area contributed by atoms with Crippen LogP contribution in [0.3, 0.4) is 0 Å². The van der Waals surface area contributed by atoms with Crippen LogP contribution in [-0.2, 0) is 14.3 Å². The molecule has 1 atom stereocenters. The molecule has 118 valence electrons. The van der Waals surface area contributed by atoms with Crippen molar-refractivity contribution in [3.63, 3.8) is 0 Å². The first-order valence-electron chi connectivity index (χ1n) is 7.48. The number of benzene rings is 1. The Morgan fingerprint density at radius 2 is 2.14 bits per heavy atom. The smallest absolute Gasteiger partial charge is 0.242 e. The quantitative estimate of drug-likeness (QED) is 0.845. The first kappa shape index (κ1) is 15.4. The zero-order chi connectivity index (χ0) is 15.5. The average molecular weight is 320 g/mol. The van der Waals surface area contributed by atoms with Crippen LogP contribution in [0.25, 0.3) is 0 Å². The van der Waals surface area contributed by atoms with Crippen molar-refractivity contribution in [1.82, 2.24) is 9.80 Å². The first-order chi connectivity index (χ1) is 10.6. The Morgan fingerprint density at radius 1 is 1.36 bits per heavy atom. The highest BCUT2D eigenvalue weighted by atomic mass is 32.2. The lowest BCUT2D eigenvalue weighted by Crippen LogP contribution is -2.46. The summed E-state index contributed by atoms with van der Waals surface area (Å²) in [6.07, 6.45) is 0. The van der Waals surface area contributed by atoms with Crippen molar-refractivity contribution in [2.75, 3.05) is 38.6 Å². The highest BCUT2D eigenvalue weighted by molar-refractivity contribution is 8.00. The van der Waals surface area contributed by atoms with Gasteiger partial charge in [-0.15, -0.1) is 11.8 Å². The summed E-state index contributed by atoms with van der Waals surface area (Å²) in [5, 5.41) is -0.0580. The molecule has 0 radical (unpaired) electrons. The van der Waals surface area contributed by atoms with Crippen LogP contribution in [0.15, 0.2) is 24.3 Å². The minimum absolute atomic E-state index is 0.0109. The Kier molecular flexibility index (Phi) is 4.69. The van der Waals surface area contributed by atoms with Gasteiger partial charge in [-0.1, -0.05) is 29.8 Å². The van der Waals surface area contributed by atoms with Crippen LogP contribution in [-0.4, -0.2) is 60.2 Å². The Hall–Kier alpha value is -1.53. The van der Waals surface area contributed by atoms with Crippen molar-refractivity contribution in [2.24, 2.45) is 0 Å². The van der Waals surface area contributed by atoms with E-state index in [2.05, 4.69) is 6.07 Å². The first-order valence-corrected chi connectivity index (χ1v) is 8.53. The number of ether oxygens (including phenoxy) is 1. The van der Waals surface area contributed by atoms with Crippen LogP contribution >= 0.6 is 11.8 Å². The van der Waals surface area contributed by atoms with Crippen molar-refractivity contribution in [2.45, 2.75) is 12.3 Å². The van der Waals surface area contributed by atoms with E-state index in [1.165, 1.54) is 0 Å². The van der Waals surface area contributed by atoms with Gasteiger partial charge in [0.15, 0.2) is 0 Å². The van der Waals surface area contributed by atoms with E-state index in [0.29, 0.717) is 32.1 Å². The Balaban J connectivity index is 1.72. The molecule has 2 aliphatic heterocycles. The van der Waals surface area contributed by atoms with Crippen LogP contribution in [0.1, 0.15) is 16.5 Å². The molecule has 0 aromatic heterocycles. The molecular formula is C16H20N2O3S. The zero-order valence-corrected chi connectivity index (χ0v) is 13.5. The molecule has 2 aliphatic rings. The fourth-order valence-electron chi connectivity index (χ4n) is 2.78. The van der Waals surface area contributed by atoms with E-state index in [-0.39, 0.29) is 23.7 Å². The summed E-state index contributed by atoms with van der Waals surface area (Å²) in [6, 6.07) is 8.14. The van der Waals surface area contributed by atoms with Gasteiger partial charge in [0, 0.05) is 13.1 Å². The molecule has 22 heavy (non-hydrogen) atoms. The number of hydrogen-bond acceptors (Lipinski definition) is 4. The third kappa shape index (κ3) is 3.28. The predicted molar refractivity (Wildman–Crippen MR) is 85.5 cm³/mol. The number of nitrogens with zero attached hydrogens (tertiary/aromatic N) is 2. The Labute approximate surface area is 134 Å². The van der Waals surface area contributed by atoms with Gasteiger partial charge in [-0.2, -0.15) is 0 Å². The van der Waals surface area contributed by atoms with E-state index >= 15 is 0 Å². The number of thioether (sulfide) groups is 1. The molecule has 0 aliphatic carbocycles. The lowest BCUT2D eigenvalue weighted by molar-refractivity contribution is -0.141. The second-order valence-electron chi connectivity index (χ2n) is 5.59. The topological polar surface area (TPSA) is 49.9 Å². The summed E-state index contributed by atoms with van der Waals surface area (Å²) in [7, 11) is 0. The predicted octanol–water partition coefficient (Wildman–Crippen LogP) is 1.43. The lowest BCUT2D eigenvalue weighted by Gasteiger charge is -2.30. The molecule has 5 nitrogen and oxygen atoms in total. The molecule has 0 bridgehead atoms. The molecule has 1 aromatic carbocycles. The number of rotatable bonds is 3. The van der Waals surface area contributed by atoms with Gasteiger partial charge in [-0.25, -0.2) is 0 Å². The molecule has 2 amide bonds. The number of carbonyl (C=O) groups is 2. The molecule has 2 heterocycles. The van der Waals surface area contributed by atoms with E-state index in [1.54, 1.807) is 21.6 Å². The number of hydrogen-bond donors (Lipinski definition) is 0. The zero-order valence-electron chi connectivity index (χ0n) is 12.7. The number of morpholine rings is 1. The van der Waals surface area contributed by atoms with Gasteiger partial charge in [-0.3, -0.25) is 9.59 Å². The van der Waals surface area contributed by atoms with Crippen LogP contribution in [0.5, 0.6) is 0 Å². The average Bonchev–Trinajstić information content (AvgIpc) is 2.89. The SMILES string of the molecule is Cc1cccc([C@@H]2SCC(=O)N2CC(=O)N2CCOCC2)c1. The lowest BCUT2D eigenvalue weighted by atomic mass is 10.1. The molecule has 2 saturated heterocycles. The molecule has 0 saturated carbocycles. The van der Waals surface area contributed by atoms with Gasteiger partial charge < -0.3 is 14.5 Å². The van der Waals surface area contributed by atoms with Crippen molar-refractivity contribution >= 4 is 23.6 Å². The van der Waals surface area contributed by atoms with Crippen LogP contribution in [0.2, 0.25) is 0 Å². The molecule has 2 fully saturated rings. The second-order valence-corrected chi connectivity index (χ2v) is 6.66. The minimum atomic E-state index is -0.0580. The number of amides is 2. The third-order valence-electron chi connectivity index (χ3n) is 3.96. The van der Waals surface area contributed by atoms with Gasteiger partial charge >= 0.3 is 0 Å². The largest absolute Gasteiger partial charge is 0.378 e. The molecule has 0 spiro atoms. The van der Waals surface area contributed by atoms with Crippen molar-refractivity contribution in [1.29, 1.82) is 0 Å². The molecule has 0 N–H and O–H groups in total. The second kappa shape index (κ2) is 6.71. The van der Waals surface area contributed by atoms with Crippen molar-refractivity contribution < 1.29 is 14.3 Å². The maximum absolute atomic E-state index is 12.4. The maximum atomic E-state index is 12.4. The number of aryl methyl sites for hydroxylation is 1. The van der Waals surface area contributed by atoms with Crippen molar-refractivity contribution in [3.8, 4) is 0 Å². The van der Waals surface area contributed by atoms with Crippen LogP contribution in [0.4, 0.5) is 0 Å². The van der Waals surface area contributed by atoms with E-state index in [0.717, 1.165) is 11.1 Å². The van der Waals surface area contributed by atoms with Crippen LogP contribution in [0, 0.1) is 6.92 Å². The molecule has 3 rings (SSSR count). The van der Waals surface area contributed by atoms with E-state index in [9.17, 15) is 9.59 Å². The Bertz CT molecular complexity index is 572. The van der Waals surface area contributed by atoms with E-state index < -0.39 is 0 Å². The highest BCUT2D eigenvalue weighted by Gasteiger charge is 2.35. The summed E-state index contributed by atoms with van der Waals surface area (Å²) in [4.78, 5) is 28.1. The van der Waals surface area contributed by atoms with Gasteiger partial charge in [-0.05, 0) is 12.5 Å². The van der Waals surface area contributed by atoms with E-state index in [1.807, 2.05) is 25.1 Å². The maximum Gasteiger partial charge on any atom is 0.242 e. The van der Waals surface area contributed by atoms with E-state index in [4.69, 9.17) is 4.74 Å². The normalized spacial score (nSPS) is 22.2.